The van der Waals surface area contributed by atoms with Crippen LogP contribution < -0.4 is 0 Å². The van der Waals surface area contributed by atoms with Crippen LogP contribution >= 0.6 is 0 Å². The lowest BCUT2D eigenvalue weighted by Crippen LogP contribution is -2.72. The predicted octanol–water partition coefficient (Wildman–Crippen LogP) is 1.29. The summed E-state index contributed by atoms with van der Waals surface area (Å²) in [7, 11) is 0. The van der Waals surface area contributed by atoms with Crippen LogP contribution in [0.5, 0.6) is 0 Å². The molecule has 0 radical (unpaired) electrons. The van der Waals surface area contributed by atoms with E-state index in [-0.39, 0.29) is 23.7 Å². The van der Waals surface area contributed by atoms with E-state index in [1.54, 1.807) is 39.8 Å². The largest absolute Gasteiger partial charge is 0.479 e. The number of aliphatic carboxylic acids is 1. The standard InChI is InChI=1S/C57H88O22/c1-12-25(3)47(70)78-44-45(79-48(71)26(4)13-2)57(24-60)28(20-52(44,5)6)27-14-15-32-54(9)18-17-34(53(7,8)31(54)16-19-55(32,10)56(27,11)21-33(57)61)74-51-43(77-50-39(66)37(64)35(62)29(22-58)72-50)41(40(67)42(76-51)46(68)69)75-49-38(65)36(63)30(23-59)73-49/h12-14,28-45,49-51,58-67H,15-24H2,1-11H3,(H,68,69)/b25-12-,26-13-/t28?,29?,30-,31?,32?,33+,34-,35-,36?,37+,38-,39?,40-,41+,42?,43?,44-,45-,49-,50-,51+,54-,55+,56+,57-/m0/s1. The van der Waals surface area contributed by atoms with Gasteiger partial charge in [-0.1, -0.05) is 72.3 Å². The molecule has 25 atom stereocenters. The van der Waals surface area contributed by atoms with Crippen molar-refractivity contribution in [1.29, 1.82) is 0 Å². The molecule has 22 heteroatoms. The second kappa shape index (κ2) is 22.5. The van der Waals surface area contributed by atoms with E-state index in [0.717, 1.165) is 5.57 Å². The normalized spacial score (nSPS) is 48.6. The number of rotatable bonds is 14. The Labute approximate surface area is 461 Å². The van der Waals surface area contributed by atoms with Crippen molar-refractivity contribution in [3.63, 3.8) is 0 Å². The van der Waals surface area contributed by atoms with Gasteiger partial charge in [-0.05, 0) is 112 Å². The van der Waals surface area contributed by atoms with Crippen molar-refractivity contribution >= 4 is 17.9 Å². The number of carbonyl (C=O) groups is 3. The molecule has 0 spiro atoms. The van der Waals surface area contributed by atoms with Gasteiger partial charge < -0.3 is 94.1 Å². The number of carbonyl (C=O) groups excluding carboxylic acids is 2. The highest BCUT2D eigenvalue weighted by Crippen LogP contribution is 2.76. The van der Waals surface area contributed by atoms with Gasteiger partial charge in [0, 0.05) is 16.6 Å². The van der Waals surface area contributed by atoms with Crippen LogP contribution in [0.25, 0.3) is 0 Å². The van der Waals surface area contributed by atoms with Gasteiger partial charge in [0.15, 0.2) is 31.1 Å². The van der Waals surface area contributed by atoms with Gasteiger partial charge in [-0.3, -0.25) is 0 Å². The van der Waals surface area contributed by atoms with Crippen molar-refractivity contribution in [1.82, 2.24) is 0 Å². The molecule has 0 aromatic rings. The molecular formula is C57H88O22. The summed E-state index contributed by atoms with van der Waals surface area (Å²) in [6, 6.07) is 0. The molecule has 11 N–H and O–H groups in total. The van der Waals surface area contributed by atoms with Crippen LogP contribution in [-0.2, 0) is 52.3 Å². The van der Waals surface area contributed by atoms with Crippen LogP contribution in [0.3, 0.4) is 0 Å². The zero-order chi connectivity index (χ0) is 58.4. The van der Waals surface area contributed by atoms with E-state index in [2.05, 4.69) is 40.7 Å². The van der Waals surface area contributed by atoms with Gasteiger partial charge in [0.1, 0.15) is 67.1 Å². The van der Waals surface area contributed by atoms with Crippen molar-refractivity contribution < 1.29 is 108 Å². The number of hydrogen-bond acceptors (Lipinski definition) is 21. The Morgan fingerprint density at radius 1 is 0.646 bits per heavy atom. The first-order chi connectivity index (χ1) is 36.9. The number of carboxylic acid groups (broad SMARTS) is 1. The summed E-state index contributed by atoms with van der Waals surface area (Å²) in [5.74, 6) is -3.40. The Kier molecular flexibility index (Phi) is 17.7. The minimum atomic E-state index is -2.10. The third kappa shape index (κ3) is 9.99. The number of hydrogen-bond donors (Lipinski definition) is 11. The Morgan fingerprint density at radius 2 is 1.19 bits per heavy atom. The Balaban J connectivity index is 1.12. The van der Waals surface area contributed by atoms with E-state index in [1.807, 2.05) is 13.8 Å². The number of allylic oxidation sites excluding steroid dienone is 4. The summed E-state index contributed by atoms with van der Waals surface area (Å²) < 4.78 is 49.2. The average Bonchev–Trinajstić information content (AvgIpc) is 3.87. The number of ether oxygens (including phenoxy) is 8. The topological polar surface area (TPSA) is 348 Å². The Morgan fingerprint density at radius 3 is 1.73 bits per heavy atom. The first-order valence-electron chi connectivity index (χ1n) is 28.0. The Hall–Kier alpha value is -3.01. The van der Waals surface area contributed by atoms with Gasteiger partial charge >= 0.3 is 17.9 Å². The summed E-state index contributed by atoms with van der Waals surface area (Å²) in [5, 5.41) is 121. The highest BCUT2D eigenvalue weighted by atomic mass is 16.8. The first kappa shape index (κ1) is 62.0. The predicted molar refractivity (Wildman–Crippen MR) is 275 cm³/mol. The molecule has 5 aliphatic carbocycles. The Bertz CT molecular complexity index is 2350. The second-order valence-corrected chi connectivity index (χ2v) is 26.0. The maximum absolute atomic E-state index is 13.8. The van der Waals surface area contributed by atoms with Crippen LogP contribution in [-0.4, -0.2) is 204 Å². The van der Waals surface area contributed by atoms with Crippen molar-refractivity contribution in [3.8, 4) is 0 Å². The van der Waals surface area contributed by atoms with Crippen LogP contribution in [0.2, 0.25) is 0 Å². The number of aliphatic hydroxyl groups is 10. The summed E-state index contributed by atoms with van der Waals surface area (Å²) in [6.45, 7) is 19.4. The molecular weight excluding hydrogens is 1040 g/mol. The quantitative estimate of drug-likeness (QED) is 0.0505. The number of esters is 2. The molecule has 8 rings (SSSR count). The molecule has 8 unspecified atom stereocenters. The molecule has 448 valence electrons. The monoisotopic (exact) mass is 1120 g/mol. The van der Waals surface area contributed by atoms with Gasteiger partial charge in [0.05, 0.1) is 37.4 Å². The van der Waals surface area contributed by atoms with Crippen molar-refractivity contribution in [2.45, 2.75) is 232 Å². The lowest BCUT2D eigenvalue weighted by molar-refractivity contribution is -0.386. The average molecular weight is 1130 g/mol. The molecule has 7 fully saturated rings. The molecule has 3 saturated heterocycles. The van der Waals surface area contributed by atoms with E-state index in [0.29, 0.717) is 49.7 Å². The lowest BCUT2D eigenvalue weighted by atomic mass is 9.33. The third-order valence-corrected chi connectivity index (χ3v) is 21.3. The number of carboxylic acids is 1. The van der Waals surface area contributed by atoms with E-state index < -0.39 is 181 Å². The van der Waals surface area contributed by atoms with E-state index >= 15 is 0 Å². The molecule has 3 heterocycles. The van der Waals surface area contributed by atoms with Gasteiger partial charge in [0.25, 0.3) is 0 Å². The lowest BCUT2D eigenvalue weighted by Gasteiger charge is -2.72. The molecule has 0 aromatic heterocycles. The highest BCUT2D eigenvalue weighted by molar-refractivity contribution is 5.89. The van der Waals surface area contributed by atoms with Crippen LogP contribution in [0, 0.1) is 50.2 Å². The molecule has 0 bridgehead atoms. The summed E-state index contributed by atoms with van der Waals surface area (Å²) in [5.41, 5.74) is -2.71. The molecule has 4 saturated carbocycles. The first-order valence-corrected chi connectivity index (χ1v) is 28.0. The van der Waals surface area contributed by atoms with Gasteiger partial charge in [-0.25, -0.2) is 14.4 Å². The smallest absolute Gasteiger partial charge is 0.335 e. The summed E-state index contributed by atoms with van der Waals surface area (Å²) in [6.07, 6.45) is -20.2. The van der Waals surface area contributed by atoms with Crippen molar-refractivity contribution in [3.05, 3.63) is 34.9 Å². The molecule has 0 aromatic carbocycles. The SMILES string of the molecule is C/C=C(/C)C(=O)O[C@H]1[C@H](OC(=O)/C(C)=C\C)[C@@]2(CO)C(CC1(C)C)C1=CCC3[C@@]4(C)CC[C@H](O[C@@H]5OC(C(=O)O)[C@@H](O)[C@@H](O[C@@H]6O[C@@H](CO)C(O)[C@@H]6O)C5O[C@@H]5OC(CO)[C@H](O)[C@@H](O)C5O)C(C)(C)C4CC[C@@]3(C)[C@]1(C)C[C@H]2O. The maximum Gasteiger partial charge on any atom is 0.335 e. The van der Waals surface area contributed by atoms with Crippen molar-refractivity contribution in [2.75, 3.05) is 19.8 Å². The van der Waals surface area contributed by atoms with E-state index in [9.17, 15) is 70.6 Å². The number of fused-ring (bicyclic) bond motifs is 7. The summed E-state index contributed by atoms with van der Waals surface area (Å²) >= 11 is 0. The maximum atomic E-state index is 13.8. The van der Waals surface area contributed by atoms with Crippen LogP contribution in [0.15, 0.2) is 34.9 Å². The molecule has 8 aliphatic rings. The fourth-order valence-electron chi connectivity index (χ4n) is 16.2. The fraction of sp³-hybridized carbons (Fsp3) is 0.842. The highest BCUT2D eigenvalue weighted by Gasteiger charge is 2.74. The summed E-state index contributed by atoms with van der Waals surface area (Å²) in [4.78, 5) is 40.3. The third-order valence-electron chi connectivity index (χ3n) is 21.3. The van der Waals surface area contributed by atoms with E-state index in [1.165, 1.54) is 0 Å². The zero-order valence-corrected chi connectivity index (χ0v) is 47.3. The molecule has 0 amide bonds. The number of aliphatic hydroxyl groups excluding tert-OH is 10. The molecule has 22 nitrogen and oxygen atoms in total. The minimum absolute atomic E-state index is 0.0232. The fourth-order valence-corrected chi connectivity index (χ4v) is 16.2. The minimum Gasteiger partial charge on any atom is -0.479 e. The van der Waals surface area contributed by atoms with E-state index in [4.69, 9.17) is 37.9 Å². The van der Waals surface area contributed by atoms with Crippen LogP contribution in [0.4, 0.5) is 0 Å². The zero-order valence-electron chi connectivity index (χ0n) is 47.3. The van der Waals surface area contributed by atoms with Crippen molar-refractivity contribution in [2.24, 2.45) is 50.2 Å². The van der Waals surface area contributed by atoms with Gasteiger partial charge in [-0.2, -0.15) is 0 Å². The molecule has 3 aliphatic heterocycles. The second-order valence-electron chi connectivity index (χ2n) is 26.0. The van der Waals surface area contributed by atoms with Gasteiger partial charge in [-0.15, -0.1) is 0 Å². The molecule has 79 heavy (non-hydrogen) atoms. The van der Waals surface area contributed by atoms with Crippen LogP contribution in [0.1, 0.15) is 121 Å². The van der Waals surface area contributed by atoms with Gasteiger partial charge in [0.2, 0.25) is 0 Å².